The molecule has 1 unspecified atom stereocenters. The van der Waals surface area contributed by atoms with Crippen molar-refractivity contribution in [3.8, 4) is 0 Å². The first-order valence-corrected chi connectivity index (χ1v) is 7.69. The van der Waals surface area contributed by atoms with Crippen molar-refractivity contribution < 1.29 is 0 Å². The monoisotopic (exact) mass is 293 g/mol. The zero-order valence-corrected chi connectivity index (χ0v) is 12.4. The van der Waals surface area contributed by atoms with Gasteiger partial charge < -0.3 is 5.73 Å². The number of hydrogen-bond acceptors (Lipinski definition) is 5. The van der Waals surface area contributed by atoms with E-state index in [2.05, 4.69) is 20.7 Å². The number of nitrogens with two attached hydrogens (primary N) is 1. The highest BCUT2D eigenvalue weighted by Gasteiger charge is 2.16. The Balaban J connectivity index is 1.99. The average Bonchev–Trinajstić information content (AvgIpc) is 2.99. The predicted octanol–water partition coefficient (Wildman–Crippen LogP) is 2.17. The van der Waals surface area contributed by atoms with E-state index in [1.54, 1.807) is 27.8 Å². The topological polar surface area (TPSA) is 61.1 Å². The van der Waals surface area contributed by atoms with Crippen molar-refractivity contribution in [2.45, 2.75) is 29.3 Å². The largest absolute Gasteiger partial charge is 0.328 e. The Bertz CT molecular complexity index is 694. The Kier molecular flexibility index (Phi) is 3.34. The maximum Gasteiger partial charge on any atom is 0.194 e. The molecule has 0 spiro atoms. The van der Waals surface area contributed by atoms with E-state index in [0.29, 0.717) is 0 Å². The third-order valence-electron chi connectivity index (χ3n) is 2.74. The number of thiazole rings is 1. The normalized spacial score (nSPS) is 13.2. The molecular weight excluding hydrogens is 278 g/mol. The average molecular weight is 293 g/mol. The summed E-state index contributed by atoms with van der Waals surface area (Å²) in [5.74, 6) is 0. The molecule has 0 radical (unpaired) electrons. The highest BCUT2D eigenvalue weighted by atomic mass is 32.2. The molecule has 5 nitrogen and oxygen atoms in total. The van der Waals surface area contributed by atoms with E-state index >= 15 is 0 Å². The number of hydrogen-bond donors (Lipinski definition) is 1. The van der Waals surface area contributed by atoms with Crippen molar-refractivity contribution in [2.75, 3.05) is 0 Å². The summed E-state index contributed by atoms with van der Waals surface area (Å²) < 4.78 is 3.93. The van der Waals surface area contributed by atoms with Crippen molar-refractivity contribution in [3.63, 3.8) is 0 Å². The molecule has 0 saturated carbocycles. The lowest BCUT2D eigenvalue weighted by Crippen LogP contribution is -2.19. The van der Waals surface area contributed by atoms with Crippen LogP contribution in [0.4, 0.5) is 0 Å². The number of rotatable bonds is 4. The molecule has 3 aromatic heterocycles. The fourth-order valence-corrected chi connectivity index (χ4v) is 3.70. The summed E-state index contributed by atoms with van der Waals surface area (Å²) in [4.78, 5) is 6.79. The van der Waals surface area contributed by atoms with E-state index < -0.39 is 0 Å². The van der Waals surface area contributed by atoms with Crippen molar-refractivity contribution in [3.05, 3.63) is 29.7 Å². The van der Waals surface area contributed by atoms with Crippen LogP contribution in [0, 0.1) is 0 Å². The zero-order valence-electron chi connectivity index (χ0n) is 10.8. The number of nitrogens with zero attached hydrogens (tertiary/aromatic N) is 4. The van der Waals surface area contributed by atoms with Crippen LogP contribution < -0.4 is 5.73 Å². The summed E-state index contributed by atoms with van der Waals surface area (Å²) in [5, 5.41) is 7.26. The van der Waals surface area contributed by atoms with Gasteiger partial charge in [-0.25, -0.2) is 4.98 Å². The molecule has 0 aromatic carbocycles. The van der Waals surface area contributed by atoms with Gasteiger partial charge in [-0.05, 0) is 6.92 Å². The third kappa shape index (κ3) is 2.54. The second kappa shape index (κ2) is 4.99. The van der Waals surface area contributed by atoms with Gasteiger partial charge in [0, 0.05) is 37.3 Å². The van der Waals surface area contributed by atoms with Gasteiger partial charge >= 0.3 is 0 Å². The molecule has 0 aliphatic heterocycles. The quantitative estimate of drug-likeness (QED) is 0.801. The SMILES string of the molecule is CC(N)Cc1c(Sc2cnn(C)c2)nc2sccn12. The highest BCUT2D eigenvalue weighted by Crippen LogP contribution is 2.31. The predicted molar refractivity (Wildman–Crippen MR) is 77.8 cm³/mol. The zero-order chi connectivity index (χ0) is 13.4. The fourth-order valence-electron chi connectivity index (χ4n) is 1.95. The Labute approximate surface area is 119 Å². The number of fused-ring (bicyclic) bond motifs is 1. The van der Waals surface area contributed by atoms with Crippen LogP contribution in [0.2, 0.25) is 0 Å². The first-order valence-electron chi connectivity index (χ1n) is 6.00. The summed E-state index contributed by atoms with van der Waals surface area (Å²) in [6, 6.07) is 0.119. The molecule has 0 fully saturated rings. The van der Waals surface area contributed by atoms with E-state index in [-0.39, 0.29) is 6.04 Å². The highest BCUT2D eigenvalue weighted by molar-refractivity contribution is 7.99. The van der Waals surface area contributed by atoms with Crippen molar-refractivity contribution in [1.29, 1.82) is 0 Å². The Hall–Kier alpha value is -1.31. The summed E-state index contributed by atoms with van der Waals surface area (Å²) >= 11 is 3.29. The lowest BCUT2D eigenvalue weighted by Gasteiger charge is -2.06. The summed E-state index contributed by atoms with van der Waals surface area (Å²) in [5.41, 5.74) is 7.13. The molecule has 3 heterocycles. The molecule has 7 heteroatoms. The van der Waals surface area contributed by atoms with Crippen LogP contribution in [0.3, 0.4) is 0 Å². The standard InChI is InChI=1S/C12H15N5S2/c1-8(13)5-10-11(15-12-17(10)3-4-18-12)19-9-6-14-16(2)7-9/h3-4,6-8H,5,13H2,1-2H3. The molecule has 0 aliphatic rings. The Morgan fingerprint density at radius 2 is 2.37 bits per heavy atom. The van der Waals surface area contributed by atoms with Crippen LogP contribution in [-0.4, -0.2) is 25.2 Å². The van der Waals surface area contributed by atoms with Gasteiger partial charge in [-0.2, -0.15) is 5.10 Å². The maximum absolute atomic E-state index is 5.95. The van der Waals surface area contributed by atoms with Gasteiger partial charge in [-0.3, -0.25) is 9.08 Å². The van der Waals surface area contributed by atoms with Crippen LogP contribution in [0.5, 0.6) is 0 Å². The first-order chi connectivity index (χ1) is 9.13. The van der Waals surface area contributed by atoms with Crippen LogP contribution in [0.1, 0.15) is 12.6 Å². The van der Waals surface area contributed by atoms with Crippen molar-refractivity contribution in [1.82, 2.24) is 19.2 Å². The molecule has 1 atom stereocenters. The molecule has 19 heavy (non-hydrogen) atoms. The Morgan fingerprint density at radius 3 is 3.05 bits per heavy atom. The third-order valence-corrected chi connectivity index (χ3v) is 4.46. The molecule has 0 saturated heterocycles. The van der Waals surface area contributed by atoms with E-state index in [1.807, 2.05) is 31.7 Å². The molecule has 0 bridgehead atoms. The second-order valence-corrected chi connectivity index (χ2v) is 6.49. The maximum atomic E-state index is 5.95. The van der Waals surface area contributed by atoms with E-state index in [0.717, 1.165) is 21.3 Å². The van der Waals surface area contributed by atoms with Crippen molar-refractivity contribution in [2.24, 2.45) is 12.8 Å². The number of aromatic nitrogens is 4. The van der Waals surface area contributed by atoms with Gasteiger partial charge in [0.05, 0.1) is 16.8 Å². The smallest absolute Gasteiger partial charge is 0.194 e. The summed E-state index contributed by atoms with van der Waals surface area (Å²) in [6.07, 6.45) is 6.72. The molecule has 3 aromatic rings. The van der Waals surface area contributed by atoms with E-state index in [9.17, 15) is 0 Å². The van der Waals surface area contributed by atoms with Gasteiger partial charge in [0.1, 0.15) is 5.03 Å². The van der Waals surface area contributed by atoms with Crippen molar-refractivity contribution >= 4 is 28.1 Å². The van der Waals surface area contributed by atoms with E-state index in [1.165, 1.54) is 5.69 Å². The van der Waals surface area contributed by atoms with Crippen LogP contribution in [0.15, 0.2) is 33.9 Å². The van der Waals surface area contributed by atoms with Gasteiger partial charge in [-0.15, -0.1) is 11.3 Å². The first kappa shape index (κ1) is 12.7. The van der Waals surface area contributed by atoms with Crippen LogP contribution in [-0.2, 0) is 13.5 Å². The minimum absolute atomic E-state index is 0.119. The Morgan fingerprint density at radius 1 is 1.53 bits per heavy atom. The molecule has 100 valence electrons. The lowest BCUT2D eigenvalue weighted by atomic mass is 10.2. The summed E-state index contributed by atoms with van der Waals surface area (Å²) in [6.45, 7) is 2.02. The minimum Gasteiger partial charge on any atom is -0.328 e. The molecule has 0 aliphatic carbocycles. The van der Waals surface area contributed by atoms with Gasteiger partial charge in [-0.1, -0.05) is 11.8 Å². The summed E-state index contributed by atoms with van der Waals surface area (Å²) in [7, 11) is 1.92. The molecule has 2 N–H and O–H groups in total. The van der Waals surface area contributed by atoms with Gasteiger partial charge in [0.15, 0.2) is 4.96 Å². The lowest BCUT2D eigenvalue weighted by molar-refractivity contribution is 0.706. The minimum atomic E-state index is 0.119. The number of imidazole rings is 1. The second-order valence-electron chi connectivity index (χ2n) is 4.55. The van der Waals surface area contributed by atoms with E-state index in [4.69, 9.17) is 5.73 Å². The van der Waals surface area contributed by atoms with Crippen LogP contribution in [0.25, 0.3) is 4.96 Å². The molecule has 3 rings (SSSR count). The fraction of sp³-hybridized carbons (Fsp3) is 0.333. The van der Waals surface area contributed by atoms with Gasteiger partial charge in [0.25, 0.3) is 0 Å². The molecular formula is C12H15N5S2. The van der Waals surface area contributed by atoms with Crippen LogP contribution >= 0.6 is 23.1 Å². The number of aryl methyl sites for hydroxylation is 1. The van der Waals surface area contributed by atoms with Gasteiger partial charge in [0.2, 0.25) is 0 Å². The molecule has 0 amide bonds.